The highest BCUT2D eigenvalue weighted by molar-refractivity contribution is 5.89. The molecule has 8 nitrogen and oxygen atoms in total. The molecule has 0 fully saturated rings. The van der Waals surface area contributed by atoms with Crippen LogP contribution >= 0.6 is 0 Å². The fourth-order valence-electron chi connectivity index (χ4n) is 2.17. The molecule has 0 radical (unpaired) electrons. The van der Waals surface area contributed by atoms with Gasteiger partial charge >= 0.3 is 5.97 Å². The fraction of sp³-hybridized carbons (Fsp3) is 0.167. The van der Waals surface area contributed by atoms with Crippen molar-refractivity contribution < 1.29 is 28.7 Å². The van der Waals surface area contributed by atoms with Crippen LogP contribution in [0.2, 0.25) is 0 Å². The van der Waals surface area contributed by atoms with Crippen molar-refractivity contribution in [1.82, 2.24) is 0 Å². The maximum absolute atomic E-state index is 11.9. The van der Waals surface area contributed by atoms with Gasteiger partial charge in [0.1, 0.15) is 5.75 Å². The first-order valence-electron chi connectivity index (χ1n) is 7.42. The lowest BCUT2D eigenvalue weighted by molar-refractivity contribution is -0.384. The first-order valence-corrected chi connectivity index (χ1v) is 7.42. The summed E-state index contributed by atoms with van der Waals surface area (Å²) >= 11 is 0. The summed E-state index contributed by atoms with van der Waals surface area (Å²) in [5.41, 5.74) is 0.458. The molecule has 0 amide bonds. The van der Waals surface area contributed by atoms with Gasteiger partial charge in [0.05, 0.1) is 32.3 Å². The minimum atomic E-state index is -0.681. The molecule has 136 valence electrons. The van der Waals surface area contributed by atoms with Gasteiger partial charge in [0.15, 0.2) is 11.5 Å². The number of hydrogen-bond donors (Lipinski definition) is 0. The topological polar surface area (TPSA) is 97.1 Å². The number of hydrogen-bond acceptors (Lipinski definition) is 7. The van der Waals surface area contributed by atoms with E-state index in [1.165, 1.54) is 57.7 Å². The summed E-state index contributed by atoms with van der Waals surface area (Å²) in [5, 5.41) is 10.7. The molecule has 0 spiro atoms. The highest BCUT2D eigenvalue weighted by atomic mass is 16.6. The third-order valence-electron chi connectivity index (χ3n) is 3.35. The predicted octanol–water partition coefficient (Wildman–Crippen LogP) is 3.24. The predicted molar refractivity (Wildman–Crippen MR) is 93.9 cm³/mol. The van der Waals surface area contributed by atoms with Crippen molar-refractivity contribution in [2.24, 2.45) is 0 Å². The van der Waals surface area contributed by atoms with Crippen LogP contribution in [-0.2, 0) is 4.79 Å². The second-order valence-electron chi connectivity index (χ2n) is 4.97. The molecule has 0 aliphatic rings. The second-order valence-corrected chi connectivity index (χ2v) is 4.97. The molecule has 0 aromatic heterocycles. The summed E-state index contributed by atoms with van der Waals surface area (Å²) < 4.78 is 20.8. The minimum Gasteiger partial charge on any atom is -0.493 e. The summed E-state index contributed by atoms with van der Waals surface area (Å²) in [6, 6.07) is 8.70. The van der Waals surface area contributed by atoms with E-state index in [2.05, 4.69) is 0 Å². The van der Waals surface area contributed by atoms with Gasteiger partial charge in [-0.2, -0.15) is 0 Å². The molecule has 0 heterocycles. The van der Waals surface area contributed by atoms with Crippen molar-refractivity contribution in [2.45, 2.75) is 0 Å². The molecule has 0 N–H and O–H groups in total. The standard InChI is InChI=1S/C18H17NO7/c1-23-15-9-12(10-16(24-2)18(15)25-3)7-8-17(20)26-14-6-4-5-13(11-14)19(21)22/h4-11H,1-3H3/b8-7+. The third kappa shape index (κ3) is 4.50. The summed E-state index contributed by atoms with van der Waals surface area (Å²) in [7, 11) is 4.47. The van der Waals surface area contributed by atoms with Gasteiger partial charge in [-0.25, -0.2) is 4.79 Å². The van der Waals surface area contributed by atoms with Crippen LogP contribution in [0.15, 0.2) is 42.5 Å². The zero-order valence-electron chi connectivity index (χ0n) is 14.4. The van der Waals surface area contributed by atoms with Crippen LogP contribution in [0.4, 0.5) is 5.69 Å². The normalized spacial score (nSPS) is 10.4. The van der Waals surface area contributed by atoms with Gasteiger partial charge in [-0.3, -0.25) is 10.1 Å². The van der Waals surface area contributed by atoms with Crippen molar-refractivity contribution in [2.75, 3.05) is 21.3 Å². The van der Waals surface area contributed by atoms with Gasteiger partial charge in [0.25, 0.3) is 5.69 Å². The molecule has 0 unspecified atom stereocenters. The molecule has 8 heteroatoms. The van der Waals surface area contributed by atoms with Crippen LogP contribution in [0, 0.1) is 10.1 Å². The Bertz CT molecular complexity index is 820. The van der Waals surface area contributed by atoms with E-state index >= 15 is 0 Å². The van der Waals surface area contributed by atoms with Crippen molar-refractivity contribution in [3.63, 3.8) is 0 Å². The highest BCUT2D eigenvalue weighted by Crippen LogP contribution is 2.38. The van der Waals surface area contributed by atoms with Gasteiger partial charge in [-0.05, 0) is 29.8 Å². The second kappa shape index (κ2) is 8.52. The third-order valence-corrected chi connectivity index (χ3v) is 3.35. The molecular formula is C18H17NO7. The van der Waals surface area contributed by atoms with Crippen molar-refractivity contribution in [3.05, 3.63) is 58.2 Å². The van der Waals surface area contributed by atoms with E-state index in [1.807, 2.05) is 0 Å². The van der Waals surface area contributed by atoms with E-state index in [1.54, 1.807) is 12.1 Å². The van der Waals surface area contributed by atoms with Crippen LogP contribution in [0.25, 0.3) is 6.08 Å². The molecule has 0 aliphatic carbocycles. The number of carbonyl (C=O) groups is 1. The Hall–Kier alpha value is -3.55. The Balaban J connectivity index is 2.17. The van der Waals surface area contributed by atoms with Crippen molar-refractivity contribution in [3.8, 4) is 23.0 Å². The number of ether oxygens (including phenoxy) is 4. The Labute approximate surface area is 149 Å². The maximum Gasteiger partial charge on any atom is 0.336 e. The number of methoxy groups -OCH3 is 3. The highest BCUT2D eigenvalue weighted by Gasteiger charge is 2.12. The lowest BCUT2D eigenvalue weighted by atomic mass is 10.1. The Morgan fingerprint density at radius 3 is 2.23 bits per heavy atom. The van der Waals surface area contributed by atoms with E-state index in [9.17, 15) is 14.9 Å². The van der Waals surface area contributed by atoms with Gasteiger partial charge in [0.2, 0.25) is 5.75 Å². The number of esters is 1. The quantitative estimate of drug-likeness (QED) is 0.246. The number of rotatable bonds is 7. The van der Waals surface area contributed by atoms with Crippen LogP contribution < -0.4 is 18.9 Å². The van der Waals surface area contributed by atoms with Crippen molar-refractivity contribution in [1.29, 1.82) is 0 Å². The molecule has 0 bridgehead atoms. The number of carbonyl (C=O) groups excluding carboxylic acids is 1. The number of benzene rings is 2. The number of non-ortho nitro benzene ring substituents is 1. The SMILES string of the molecule is COc1cc(/C=C/C(=O)Oc2cccc([N+](=O)[O-])c2)cc(OC)c1OC. The lowest BCUT2D eigenvalue weighted by Crippen LogP contribution is -2.04. The van der Waals surface area contributed by atoms with E-state index in [0.717, 1.165) is 0 Å². The van der Waals surface area contributed by atoms with Crippen LogP contribution in [0.3, 0.4) is 0 Å². The molecule has 2 aromatic carbocycles. The molecule has 0 saturated carbocycles. The zero-order valence-corrected chi connectivity index (χ0v) is 14.4. The Morgan fingerprint density at radius 2 is 1.69 bits per heavy atom. The molecule has 2 aromatic rings. The van der Waals surface area contributed by atoms with E-state index in [4.69, 9.17) is 18.9 Å². The van der Waals surface area contributed by atoms with Gasteiger partial charge in [-0.15, -0.1) is 0 Å². The molecule has 26 heavy (non-hydrogen) atoms. The maximum atomic E-state index is 11.9. The smallest absolute Gasteiger partial charge is 0.336 e. The summed E-state index contributed by atoms with van der Waals surface area (Å²) in [6.45, 7) is 0. The van der Waals surface area contributed by atoms with Gasteiger partial charge in [-0.1, -0.05) is 6.07 Å². The largest absolute Gasteiger partial charge is 0.493 e. The number of nitro groups is 1. The molecule has 0 aliphatic heterocycles. The molecule has 0 atom stereocenters. The molecule has 0 saturated heterocycles. The first kappa shape index (κ1) is 18.8. The average molecular weight is 359 g/mol. The monoisotopic (exact) mass is 359 g/mol. The average Bonchev–Trinajstić information content (AvgIpc) is 2.65. The summed E-state index contributed by atoms with van der Waals surface area (Å²) in [4.78, 5) is 22.1. The van der Waals surface area contributed by atoms with Crippen LogP contribution in [0.5, 0.6) is 23.0 Å². The Morgan fingerprint density at radius 1 is 1.04 bits per heavy atom. The lowest BCUT2D eigenvalue weighted by Gasteiger charge is -2.12. The van der Waals surface area contributed by atoms with Gasteiger partial charge < -0.3 is 18.9 Å². The summed E-state index contributed by atoms with van der Waals surface area (Å²) in [6.07, 6.45) is 2.70. The number of nitro benzene ring substituents is 1. The van der Waals surface area contributed by atoms with Crippen LogP contribution in [-0.4, -0.2) is 32.2 Å². The van der Waals surface area contributed by atoms with E-state index in [0.29, 0.717) is 22.8 Å². The minimum absolute atomic E-state index is 0.0822. The zero-order chi connectivity index (χ0) is 19.1. The first-order chi connectivity index (χ1) is 12.5. The fourth-order valence-corrected chi connectivity index (χ4v) is 2.17. The Kier molecular flexibility index (Phi) is 6.15. The number of nitrogens with zero attached hydrogens (tertiary/aromatic N) is 1. The molecule has 2 rings (SSSR count). The van der Waals surface area contributed by atoms with Gasteiger partial charge in [0, 0.05) is 12.1 Å². The molecular weight excluding hydrogens is 342 g/mol. The summed E-state index contributed by atoms with van der Waals surface area (Å²) in [5.74, 6) is 0.724. The van der Waals surface area contributed by atoms with E-state index in [-0.39, 0.29) is 11.4 Å². The van der Waals surface area contributed by atoms with Crippen LogP contribution in [0.1, 0.15) is 5.56 Å². The van der Waals surface area contributed by atoms with Crippen molar-refractivity contribution >= 4 is 17.7 Å². The van der Waals surface area contributed by atoms with E-state index < -0.39 is 10.9 Å².